The van der Waals surface area contributed by atoms with Crippen molar-refractivity contribution in [1.29, 1.82) is 0 Å². The van der Waals surface area contributed by atoms with E-state index < -0.39 is 11.8 Å². The number of benzene rings is 1. The van der Waals surface area contributed by atoms with Gasteiger partial charge in [0, 0.05) is 17.5 Å². The normalized spacial score (nSPS) is 9.89. The first-order chi connectivity index (χ1) is 8.67. The van der Waals surface area contributed by atoms with Crippen LogP contribution in [0, 0.1) is 0 Å². The molecule has 0 bridgehead atoms. The zero-order chi connectivity index (χ0) is 13.4. The van der Waals surface area contributed by atoms with Crippen molar-refractivity contribution in [3.63, 3.8) is 0 Å². The van der Waals surface area contributed by atoms with E-state index in [0.717, 1.165) is 16.4 Å². The number of likely N-dealkylation sites (N-methyl/N-ethyl adjacent to an activating group) is 1. The molecule has 4 nitrogen and oxygen atoms in total. The quantitative estimate of drug-likeness (QED) is 0.474. The van der Waals surface area contributed by atoms with Gasteiger partial charge in [0.2, 0.25) is 0 Å². The van der Waals surface area contributed by atoms with Gasteiger partial charge in [-0.2, -0.15) is 0 Å². The fourth-order valence-electron chi connectivity index (χ4n) is 1.44. The third-order valence-corrected chi connectivity index (χ3v) is 3.30. The van der Waals surface area contributed by atoms with Gasteiger partial charge >= 0.3 is 11.8 Å². The van der Waals surface area contributed by atoms with Gasteiger partial charge in [-0.05, 0) is 24.5 Å². The Kier molecular flexibility index (Phi) is 6.70. The molecule has 2 N–H and O–H groups in total. The second-order valence-corrected chi connectivity index (χ2v) is 4.58. The van der Waals surface area contributed by atoms with E-state index in [4.69, 9.17) is 0 Å². The molecule has 0 aliphatic heterocycles. The third kappa shape index (κ3) is 5.03. The Morgan fingerprint density at radius 1 is 1.06 bits per heavy atom. The smallest absolute Gasteiger partial charge is 0.309 e. The van der Waals surface area contributed by atoms with E-state index in [0.29, 0.717) is 13.1 Å². The van der Waals surface area contributed by atoms with Crippen molar-refractivity contribution in [2.75, 3.05) is 13.1 Å². The summed E-state index contributed by atoms with van der Waals surface area (Å²) < 4.78 is 0.992. The molecule has 0 aliphatic rings. The highest BCUT2D eigenvalue weighted by atomic mass is 127. The number of halogens is 1. The van der Waals surface area contributed by atoms with Crippen molar-refractivity contribution in [2.45, 2.75) is 17.8 Å². The van der Waals surface area contributed by atoms with Gasteiger partial charge in [0.05, 0.1) is 0 Å². The summed E-state index contributed by atoms with van der Waals surface area (Å²) in [7, 11) is 0. The summed E-state index contributed by atoms with van der Waals surface area (Å²) in [6.45, 7) is 2.71. The monoisotopic (exact) mass is 360 g/mol. The molecule has 1 aromatic rings. The van der Waals surface area contributed by atoms with Gasteiger partial charge < -0.3 is 10.6 Å². The number of alkyl halides is 1. The van der Waals surface area contributed by atoms with Gasteiger partial charge in [0.15, 0.2) is 0 Å². The number of nitrogens with one attached hydrogen (secondary N) is 2. The minimum atomic E-state index is -0.572. The number of hydrogen-bond donors (Lipinski definition) is 2. The zero-order valence-corrected chi connectivity index (χ0v) is 12.5. The maximum absolute atomic E-state index is 11.3. The fourth-order valence-corrected chi connectivity index (χ4v) is 1.95. The molecule has 0 atom stereocenters. The van der Waals surface area contributed by atoms with Gasteiger partial charge in [0.1, 0.15) is 0 Å². The number of carbonyl (C=O) groups excluding carboxylic acids is 2. The Labute approximate surface area is 121 Å². The van der Waals surface area contributed by atoms with E-state index in [9.17, 15) is 9.59 Å². The summed E-state index contributed by atoms with van der Waals surface area (Å²) in [5.41, 5.74) is 2.44. The third-order valence-electron chi connectivity index (χ3n) is 2.42. The van der Waals surface area contributed by atoms with Crippen LogP contribution in [0.2, 0.25) is 0 Å². The highest BCUT2D eigenvalue weighted by molar-refractivity contribution is 14.1. The molecule has 0 aliphatic carbocycles. The average molecular weight is 360 g/mol. The molecule has 0 fully saturated rings. The van der Waals surface area contributed by atoms with Crippen LogP contribution in [0.4, 0.5) is 0 Å². The lowest BCUT2D eigenvalue weighted by Crippen LogP contribution is -2.40. The fraction of sp³-hybridized carbons (Fsp3) is 0.385. The molecule has 0 aromatic heterocycles. The van der Waals surface area contributed by atoms with Crippen LogP contribution >= 0.6 is 22.6 Å². The average Bonchev–Trinajstić information content (AvgIpc) is 2.39. The first kappa shape index (κ1) is 14.9. The lowest BCUT2D eigenvalue weighted by Gasteiger charge is -2.05. The van der Waals surface area contributed by atoms with E-state index in [-0.39, 0.29) is 0 Å². The van der Waals surface area contributed by atoms with Crippen molar-refractivity contribution >= 4 is 34.4 Å². The molecule has 18 heavy (non-hydrogen) atoms. The van der Waals surface area contributed by atoms with Crippen LogP contribution in [-0.4, -0.2) is 24.9 Å². The molecule has 0 radical (unpaired) electrons. The maximum Gasteiger partial charge on any atom is 0.309 e. The van der Waals surface area contributed by atoms with Crippen LogP contribution in [0.15, 0.2) is 24.3 Å². The Morgan fingerprint density at radius 3 is 2.17 bits per heavy atom. The SMILES string of the molecule is CCNC(=O)C(=O)NCCc1ccc(CI)cc1. The van der Waals surface area contributed by atoms with E-state index in [1.54, 1.807) is 6.92 Å². The molecule has 1 rings (SSSR count). The summed E-state index contributed by atoms with van der Waals surface area (Å²) in [6.07, 6.45) is 0.729. The highest BCUT2D eigenvalue weighted by Gasteiger charge is 2.10. The second kappa shape index (κ2) is 8.07. The van der Waals surface area contributed by atoms with Crippen molar-refractivity contribution in [1.82, 2.24) is 10.6 Å². The summed E-state index contributed by atoms with van der Waals surface area (Å²) >= 11 is 2.32. The van der Waals surface area contributed by atoms with Crippen LogP contribution in [0.1, 0.15) is 18.1 Å². The molecular formula is C13H17IN2O2. The predicted molar refractivity (Wildman–Crippen MR) is 79.6 cm³/mol. The Bertz CT molecular complexity index is 404. The minimum absolute atomic E-state index is 0.462. The van der Waals surface area contributed by atoms with Crippen LogP contribution < -0.4 is 10.6 Å². The molecule has 2 amide bonds. The molecule has 0 saturated carbocycles. The zero-order valence-electron chi connectivity index (χ0n) is 10.3. The summed E-state index contributed by atoms with van der Waals surface area (Å²) in [5, 5.41) is 5.05. The standard InChI is InChI=1S/C13H17IN2O2/c1-2-15-12(17)13(18)16-8-7-10-3-5-11(9-14)6-4-10/h3-6H,2,7-9H2,1H3,(H,15,17)(H,16,18). The second-order valence-electron chi connectivity index (χ2n) is 3.82. The van der Waals surface area contributed by atoms with E-state index in [1.165, 1.54) is 5.56 Å². The van der Waals surface area contributed by atoms with Gasteiger partial charge in [-0.1, -0.05) is 46.9 Å². The molecule has 0 unspecified atom stereocenters. The summed E-state index contributed by atoms with van der Waals surface area (Å²) in [4.78, 5) is 22.4. The van der Waals surface area contributed by atoms with E-state index in [2.05, 4.69) is 45.4 Å². The molecule has 0 heterocycles. The van der Waals surface area contributed by atoms with Crippen LogP contribution in [0.3, 0.4) is 0 Å². The Hall–Kier alpha value is -1.11. The number of carbonyl (C=O) groups is 2. The molecular weight excluding hydrogens is 343 g/mol. The van der Waals surface area contributed by atoms with Crippen LogP contribution in [0.5, 0.6) is 0 Å². The van der Waals surface area contributed by atoms with Crippen molar-refractivity contribution in [2.24, 2.45) is 0 Å². The molecule has 0 spiro atoms. The number of amides is 2. The Morgan fingerprint density at radius 2 is 1.61 bits per heavy atom. The van der Waals surface area contributed by atoms with Gasteiger partial charge in [-0.15, -0.1) is 0 Å². The molecule has 5 heteroatoms. The van der Waals surface area contributed by atoms with Crippen LogP contribution in [-0.2, 0) is 20.4 Å². The van der Waals surface area contributed by atoms with E-state index in [1.807, 2.05) is 12.1 Å². The van der Waals surface area contributed by atoms with Crippen molar-refractivity contribution in [3.8, 4) is 0 Å². The lowest BCUT2D eigenvalue weighted by atomic mass is 10.1. The first-order valence-electron chi connectivity index (χ1n) is 5.87. The summed E-state index contributed by atoms with van der Waals surface area (Å²) in [5.74, 6) is -1.14. The van der Waals surface area contributed by atoms with Gasteiger partial charge in [-0.25, -0.2) is 0 Å². The molecule has 98 valence electrons. The number of rotatable bonds is 5. The minimum Gasteiger partial charge on any atom is -0.348 e. The largest absolute Gasteiger partial charge is 0.348 e. The van der Waals surface area contributed by atoms with Crippen molar-refractivity contribution in [3.05, 3.63) is 35.4 Å². The van der Waals surface area contributed by atoms with Gasteiger partial charge in [0.25, 0.3) is 0 Å². The number of hydrogen-bond acceptors (Lipinski definition) is 2. The first-order valence-corrected chi connectivity index (χ1v) is 7.39. The molecule has 0 saturated heterocycles. The molecule has 1 aromatic carbocycles. The highest BCUT2D eigenvalue weighted by Crippen LogP contribution is 2.08. The van der Waals surface area contributed by atoms with Crippen LogP contribution in [0.25, 0.3) is 0 Å². The van der Waals surface area contributed by atoms with Crippen molar-refractivity contribution < 1.29 is 9.59 Å². The maximum atomic E-state index is 11.3. The summed E-state index contributed by atoms with van der Waals surface area (Å²) in [6, 6.07) is 8.25. The topological polar surface area (TPSA) is 58.2 Å². The lowest BCUT2D eigenvalue weighted by molar-refractivity contribution is -0.139. The van der Waals surface area contributed by atoms with Gasteiger partial charge in [-0.3, -0.25) is 9.59 Å². The predicted octanol–water partition coefficient (Wildman–Crippen LogP) is 1.42. The van der Waals surface area contributed by atoms with E-state index >= 15 is 0 Å². The Balaban J connectivity index is 2.32.